The maximum absolute atomic E-state index is 11.7. The van der Waals surface area contributed by atoms with Gasteiger partial charge in [-0.2, -0.15) is 0 Å². The van der Waals surface area contributed by atoms with Gasteiger partial charge in [0.1, 0.15) is 17.8 Å². The molecule has 1 fully saturated rings. The van der Waals surface area contributed by atoms with Crippen LogP contribution in [0.1, 0.15) is 63.9 Å². The van der Waals surface area contributed by atoms with E-state index >= 15 is 0 Å². The second-order valence-corrected chi connectivity index (χ2v) is 8.49. The van der Waals surface area contributed by atoms with Crippen molar-refractivity contribution in [1.82, 2.24) is 10.3 Å². The van der Waals surface area contributed by atoms with Crippen molar-refractivity contribution in [2.24, 2.45) is 0 Å². The average Bonchev–Trinajstić information content (AvgIpc) is 2.97. The molecule has 2 rings (SSSR count). The summed E-state index contributed by atoms with van der Waals surface area (Å²) in [4.78, 5) is 36.7. The van der Waals surface area contributed by atoms with E-state index in [0.29, 0.717) is 25.1 Å². The minimum atomic E-state index is -0.476. The maximum atomic E-state index is 11.7. The molecule has 0 bridgehead atoms. The lowest BCUT2D eigenvalue weighted by Crippen LogP contribution is -2.37. The monoisotopic (exact) mass is 548 g/mol. The van der Waals surface area contributed by atoms with Gasteiger partial charge in [0.15, 0.2) is 17.8 Å². The van der Waals surface area contributed by atoms with Crippen molar-refractivity contribution >= 4 is 18.2 Å². The summed E-state index contributed by atoms with van der Waals surface area (Å²) in [6.45, 7) is 14.7. The first-order valence-corrected chi connectivity index (χ1v) is 12.8. The van der Waals surface area contributed by atoms with Crippen LogP contribution in [0, 0.1) is 0 Å². The number of likely N-dealkylation sites (N-methyl/N-ethyl adjacent to an activating group) is 1. The number of nitrogens with one attached hydrogen (secondary N) is 1. The van der Waals surface area contributed by atoms with E-state index in [4.69, 9.17) is 18.9 Å². The van der Waals surface area contributed by atoms with Crippen LogP contribution in [-0.2, 0) is 23.8 Å². The molecule has 1 aromatic rings. The molecular formula is C29H44N2O8. The molecule has 1 N–H and O–H groups in total. The summed E-state index contributed by atoms with van der Waals surface area (Å²) in [5, 5.41) is 2.96. The number of cyclic esters (lactones) is 1. The van der Waals surface area contributed by atoms with Crippen LogP contribution in [0.5, 0.6) is 11.5 Å². The van der Waals surface area contributed by atoms with Gasteiger partial charge in [-0.25, -0.2) is 4.98 Å². The molecular weight excluding hydrogens is 504 g/mol. The number of carbonyl (C=O) groups excluding carboxylic acids is 3. The van der Waals surface area contributed by atoms with E-state index in [9.17, 15) is 14.4 Å². The van der Waals surface area contributed by atoms with E-state index in [0.717, 1.165) is 24.8 Å². The second kappa shape index (κ2) is 21.4. The third-order valence-corrected chi connectivity index (χ3v) is 5.31. The molecule has 0 spiro atoms. The molecule has 0 radical (unpaired) electrons. The van der Waals surface area contributed by atoms with Crippen molar-refractivity contribution in [1.29, 1.82) is 0 Å². The number of esters is 2. The molecule has 2 heterocycles. The first-order valence-electron chi connectivity index (χ1n) is 12.8. The molecule has 0 aromatic carbocycles. The van der Waals surface area contributed by atoms with Gasteiger partial charge in [0.05, 0.1) is 13.2 Å². The third-order valence-electron chi connectivity index (χ3n) is 5.31. The molecule has 2 unspecified atom stereocenters. The fourth-order valence-corrected chi connectivity index (χ4v) is 3.28. The third kappa shape index (κ3) is 15.5. The van der Waals surface area contributed by atoms with Crippen LogP contribution >= 0.6 is 0 Å². The summed E-state index contributed by atoms with van der Waals surface area (Å²) in [7, 11) is 3.21. The fourth-order valence-electron chi connectivity index (χ4n) is 3.28. The van der Waals surface area contributed by atoms with Crippen molar-refractivity contribution in [2.75, 3.05) is 27.6 Å². The topological polar surface area (TPSA) is 122 Å². The van der Waals surface area contributed by atoms with Crippen LogP contribution in [0.4, 0.5) is 0 Å². The number of hydrogen-bond donors (Lipinski definition) is 1. The lowest BCUT2D eigenvalue weighted by atomic mass is 10.1. The van der Waals surface area contributed by atoms with Gasteiger partial charge >= 0.3 is 11.9 Å². The molecule has 10 heteroatoms. The lowest BCUT2D eigenvalue weighted by molar-refractivity contribution is -0.151. The highest BCUT2D eigenvalue weighted by Gasteiger charge is 2.25. The number of aldehydes is 1. The summed E-state index contributed by atoms with van der Waals surface area (Å²) >= 11 is 0. The van der Waals surface area contributed by atoms with E-state index < -0.39 is 5.97 Å². The number of methoxy groups -OCH3 is 1. The number of ether oxygens (including phenoxy) is 5. The van der Waals surface area contributed by atoms with Crippen LogP contribution in [0.25, 0.3) is 0 Å². The Morgan fingerprint density at radius 1 is 1.31 bits per heavy atom. The van der Waals surface area contributed by atoms with Gasteiger partial charge in [0.25, 0.3) is 0 Å². The Bertz CT molecular complexity index is 932. The zero-order valence-corrected chi connectivity index (χ0v) is 24.1. The van der Waals surface area contributed by atoms with Gasteiger partial charge in [-0.05, 0) is 33.7 Å². The van der Waals surface area contributed by atoms with E-state index in [1.807, 2.05) is 19.9 Å². The summed E-state index contributed by atoms with van der Waals surface area (Å²) in [6.07, 6.45) is 11.2. The Morgan fingerprint density at radius 2 is 2.03 bits per heavy atom. The second-order valence-electron chi connectivity index (χ2n) is 8.49. The molecule has 3 atom stereocenters. The smallest absolute Gasteiger partial charge is 0.323 e. The highest BCUT2D eigenvalue weighted by molar-refractivity contribution is 5.78. The predicted octanol–water partition coefficient (Wildman–Crippen LogP) is 4.59. The van der Waals surface area contributed by atoms with Crippen molar-refractivity contribution in [2.45, 2.75) is 71.6 Å². The van der Waals surface area contributed by atoms with E-state index in [2.05, 4.69) is 35.1 Å². The van der Waals surface area contributed by atoms with Crippen molar-refractivity contribution in [3.05, 3.63) is 54.9 Å². The summed E-state index contributed by atoms with van der Waals surface area (Å²) < 4.78 is 25.8. The Kier molecular flexibility index (Phi) is 19.5. The van der Waals surface area contributed by atoms with E-state index in [1.54, 1.807) is 19.2 Å². The fraction of sp³-hybridized carbons (Fsp3) is 0.517. The molecule has 1 aliphatic rings. The number of aromatic nitrogens is 1. The Labute approximate surface area is 232 Å². The number of allylic oxidation sites excluding steroid dienone is 4. The van der Waals surface area contributed by atoms with Crippen molar-refractivity contribution < 1.29 is 38.1 Å². The molecule has 218 valence electrons. The molecule has 1 aromatic heterocycles. The molecule has 1 aliphatic heterocycles. The largest absolute Gasteiger partial charge is 0.493 e. The quantitative estimate of drug-likeness (QED) is 0.192. The van der Waals surface area contributed by atoms with Crippen LogP contribution in [0.2, 0.25) is 0 Å². The predicted molar refractivity (Wildman–Crippen MR) is 150 cm³/mol. The number of rotatable bonds is 10. The molecule has 0 saturated carbocycles. The van der Waals surface area contributed by atoms with Gasteiger partial charge in [-0.15, -0.1) is 0 Å². The van der Waals surface area contributed by atoms with Gasteiger partial charge in [0, 0.05) is 32.2 Å². The van der Waals surface area contributed by atoms with Gasteiger partial charge < -0.3 is 29.0 Å². The van der Waals surface area contributed by atoms with Crippen molar-refractivity contribution in [3.63, 3.8) is 0 Å². The number of pyridine rings is 1. The Hall–Kier alpha value is -3.50. The molecule has 1 saturated heterocycles. The number of carbonyl (C=O) groups is 3. The zero-order chi connectivity index (χ0) is 29.6. The molecule has 0 aliphatic carbocycles. The van der Waals surface area contributed by atoms with Gasteiger partial charge in [0.2, 0.25) is 6.79 Å². The first-order chi connectivity index (χ1) is 18.7. The lowest BCUT2D eigenvalue weighted by Gasteiger charge is -2.19. The van der Waals surface area contributed by atoms with Crippen LogP contribution in [0.15, 0.2) is 49.2 Å². The Morgan fingerprint density at radius 3 is 2.54 bits per heavy atom. The number of nitrogens with zero attached hydrogens (tertiary/aromatic N) is 1. The van der Waals surface area contributed by atoms with Gasteiger partial charge in [-0.1, -0.05) is 50.3 Å². The van der Waals surface area contributed by atoms with Crippen LogP contribution in [0.3, 0.4) is 0 Å². The molecule has 10 nitrogen and oxygen atoms in total. The van der Waals surface area contributed by atoms with Crippen molar-refractivity contribution in [3.8, 4) is 11.5 Å². The first kappa shape index (κ1) is 35.5. The summed E-state index contributed by atoms with van der Waals surface area (Å²) in [6, 6.07) is 1.30. The number of hydrogen-bond acceptors (Lipinski definition) is 10. The minimum absolute atomic E-state index is 0.0574. The standard InChI is InChI=1S/C12H23NO3.C10H11NO5.C7H10/c1-4-5-10-8-9(2)16-12(14)11(13-3)6-7-15-10;1-7(13)15-6-16-10-8(5-12)11-4-3-9(10)14-2;1-4-6-7(3)5-2/h9-11,13H,4-8H2,1-3H3;3-5H,6H2,1-2H3;4-6H,1-2H2,3H3/b;;7-6-/t9?,10?,11-;;/m0../s1. The molecule has 0 amide bonds. The summed E-state index contributed by atoms with van der Waals surface area (Å²) in [5.41, 5.74) is 1.24. The van der Waals surface area contributed by atoms with E-state index in [-0.39, 0.29) is 42.5 Å². The Balaban J connectivity index is 0.000000600. The van der Waals surface area contributed by atoms with Crippen LogP contribution in [-0.4, -0.2) is 69.0 Å². The SMILES string of the molecule is C=C/C=C(/C)C=C.CCCC1CC(C)OC(=O)[C@@H](NC)CCO1.COc1ccnc(C=O)c1OCOC(C)=O. The normalized spacial score (nSPS) is 19.1. The highest BCUT2D eigenvalue weighted by Crippen LogP contribution is 2.28. The minimum Gasteiger partial charge on any atom is -0.493 e. The van der Waals surface area contributed by atoms with Gasteiger partial charge in [-0.3, -0.25) is 14.4 Å². The zero-order valence-electron chi connectivity index (χ0n) is 24.1. The van der Waals surface area contributed by atoms with Crippen LogP contribution < -0.4 is 14.8 Å². The van der Waals surface area contributed by atoms with E-state index in [1.165, 1.54) is 26.3 Å². The average molecular weight is 549 g/mol. The molecule has 39 heavy (non-hydrogen) atoms. The summed E-state index contributed by atoms with van der Waals surface area (Å²) in [5.74, 6) is -0.128. The highest BCUT2D eigenvalue weighted by atomic mass is 16.7. The maximum Gasteiger partial charge on any atom is 0.323 e.